The maximum absolute atomic E-state index is 12.6. The minimum atomic E-state index is -0.632. The minimum absolute atomic E-state index is 0.0351. The van der Waals surface area contributed by atoms with E-state index in [0.717, 1.165) is 10.6 Å². The van der Waals surface area contributed by atoms with E-state index in [4.69, 9.17) is 10.5 Å². The van der Waals surface area contributed by atoms with Crippen molar-refractivity contribution in [2.75, 3.05) is 12.4 Å². The monoisotopic (exact) mass is 429 g/mol. The molecule has 30 heavy (non-hydrogen) atoms. The molecule has 0 radical (unpaired) electrons. The summed E-state index contributed by atoms with van der Waals surface area (Å²) in [6.07, 6.45) is 4.34. The lowest BCUT2D eigenvalue weighted by molar-refractivity contribution is -0.123. The first-order valence-electron chi connectivity index (χ1n) is 9.88. The first-order chi connectivity index (χ1) is 14.2. The first-order valence-corrected chi connectivity index (χ1v) is 10.8. The number of hydrogen-bond acceptors (Lipinski definition) is 5. The molecule has 1 unspecified atom stereocenters. The Kier molecular flexibility index (Phi) is 8.62. The van der Waals surface area contributed by atoms with Gasteiger partial charge in [-0.1, -0.05) is 32.9 Å². The van der Waals surface area contributed by atoms with E-state index < -0.39 is 6.04 Å². The van der Waals surface area contributed by atoms with Crippen LogP contribution in [0, 0.1) is 5.41 Å². The van der Waals surface area contributed by atoms with Crippen LogP contribution in [0.5, 0.6) is 5.75 Å². The Balaban J connectivity index is 1.98. The number of carbonyl (C=O) groups excluding carboxylic acids is 2. The molecule has 1 aromatic carbocycles. The van der Waals surface area contributed by atoms with E-state index in [2.05, 4.69) is 31.4 Å². The van der Waals surface area contributed by atoms with E-state index in [0.29, 0.717) is 18.5 Å². The number of thiophene rings is 1. The van der Waals surface area contributed by atoms with Gasteiger partial charge in [-0.05, 0) is 47.5 Å². The van der Waals surface area contributed by atoms with Gasteiger partial charge in [0.2, 0.25) is 11.8 Å². The van der Waals surface area contributed by atoms with Gasteiger partial charge in [0.1, 0.15) is 5.75 Å². The van der Waals surface area contributed by atoms with Crippen LogP contribution in [-0.2, 0) is 16.0 Å². The fraction of sp³-hybridized carbons (Fsp3) is 0.391. The second-order valence-electron chi connectivity index (χ2n) is 8.35. The number of ether oxygens (including phenoxy) is 1. The zero-order chi connectivity index (χ0) is 22.1. The summed E-state index contributed by atoms with van der Waals surface area (Å²) in [5.41, 5.74) is 6.71. The van der Waals surface area contributed by atoms with Crippen molar-refractivity contribution >= 4 is 28.8 Å². The summed E-state index contributed by atoms with van der Waals surface area (Å²) in [5, 5.41) is 7.74. The number of nitrogens with one attached hydrogen (secondary N) is 2. The fourth-order valence-electron chi connectivity index (χ4n) is 2.92. The van der Waals surface area contributed by atoms with Crippen LogP contribution in [0.25, 0.3) is 0 Å². The summed E-state index contributed by atoms with van der Waals surface area (Å²) in [6.45, 7) is 6.26. The average Bonchev–Trinajstić information content (AvgIpc) is 3.18. The van der Waals surface area contributed by atoms with Crippen LogP contribution >= 0.6 is 11.3 Å². The van der Waals surface area contributed by atoms with Crippen LogP contribution in [0.2, 0.25) is 0 Å². The summed E-state index contributed by atoms with van der Waals surface area (Å²) < 4.78 is 5.11. The maximum Gasteiger partial charge on any atom is 0.248 e. The van der Waals surface area contributed by atoms with Crippen LogP contribution in [-0.4, -0.2) is 31.0 Å². The largest absolute Gasteiger partial charge is 0.497 e. The van der Waals surface area contributed by atoms with E-state index >= 15 is 0 Å². The molecule has 1 aromatic heterocycles. The number of hydrogen-bond donors (Lipinski definition) is 3. The lowest BCUT2D eigenvalue weighted by Crippen LogP contribution is -2.46. The van der Waals surface area contributed by atoms with Gasteiger partial charge in [0.05, 0.1) is 13.2 Å². The fourth-order valence-corrected chi connectivity index (χ4v) is 3.68. The normalized spacial score (nSPS) is 13.6. The van der Waals surface area contributed by atoms with Gasteiger partial charge in [-0.15, -0.1) is 11.3 Å². The smallest absolute Gasteiger partial charge is 0.248 e. The zero-order valence-corrected chi connectivity index (χ0v) is 18.8. The predicted octanol–water partition coefficient (Wildman–Crippen LogP) is 3.74. The summed E-state index contributed by atoms with van der Waals surface area (Å²) in [5.74, 6) is 0.226. The molecular weight excluding hydrogens is 398 g/mol. The molecule has 0 spiro atoms. The van der Waals surface area contributed by atoms with Crippen molar-refractivity contribution in [3.05, 3.63) is 58.8 Å². The molecule has 0 aliphatic heterocycles. The van der Waals surface area contributed by atoms with Gasteiger partial charge in [0.15, 0.2) is 0 Å². The molecule has 7 heteroatoms. The highest BCUT2D eigenvalue weighted by molar-refractivity contribution is 7.09. The second-order valence-corrected chi connectivity index (χ2v) is 9.38. The first kappa shape index (κ1) is 23.6. The zero-order valence-electron chi connectivity index (χ0n) is 18.0. The summed E-state index contributed by atoms with van der Waals surface area (Å²) in [4.78, 5) is 26.0. The molecule has 2 atom stereocenters. The third kappa shape index (κ3) is 8.39. The number of benzene rings is 1. The van der Waals surface area contributed by atoms with Crippen molar-refractivity contribution in [1.29, 1.82) is 0 Å². The lowest BCUT2D eigenvalue weighted by atomic mass is 9.87. The van der Waals surface area contributed by atoms with E-state index in [9.17, 15) is 9.59 Å². The molecule has 1 heterocycles. The molecule has 2 rings (SSSR count). The van der Waals surface area contributed by atoms with E-state index in [1.54, 1.807) is 48.8 Å². The standard InChI is InChI=1S/C23H31N3O3S/c1-23(2,3)15-17(26-22(28)20(24)14-19-6-5-13-30-19)9-12-21(27)25-16-7-10-18(29-4)11-8-16/h5-13,17,20H,14-15,24H2,1-4H3,(H,25,27)(H,26,28)/t17?,20-/m0/s1. The topological polar surface area (TPSA) is 93.5 Å². The molecule has 6 nitrogen and oxygen atoms in total. The summed E-state index contributed by atoms with van der Waals surface area (Å²) in [7, 11) is 1.59. The van der Waals surface area contributed by atoms with Gasteiger partial charge in [0.25, 0.3) is 0 Å². The average molecular weight is 430 g/mol. The van der Waals surface area contributed by atoms with Crippen molar-refractivity contribution in [1.82, 2.24) is 5.32 Å². The number of amides is 2. The Morgan fingerprint density at radius 2 is 1.90 bits per heavy atom. The highest BCUT2D eigenvalue weighted by Gasteiger charge is 2.22. The summed E-state index contributed by atoms with van der Waals surface area (Å²) in [6, 6.07) is 10.1. The van der Waals surface area contributed by atoms with Crippen molar-refractivity contribution < 1.29 is 14.3 Å². The Labute approximate surface area is 182 Å². The second kappa shape index (κ2) is 10.9. The highest BCUT2D eigenvalue weighted by Crippen LogP contribution is 2.22. The third-order valence-electron chi connectivity index (χ3n) is 4.34. The van der Waals surface area contributed by atoms with Gasteiger partial charge in [-0.3, -0.25) is 9.59 Å². The third-order valence-corrected chi connectivity index (χ3v) is 5.23. The van der Waals surface area contributed by atoms with Crippen LogP contribution in [0.15, 0.2) is 53.9 Å². The number of methoxy groups -OCH3 is 1. The van der Waals surface area contributed by atoms with Gasteiger partial charge in [0, 0.05) is 29.1 Å². The van der Waals surface area contributed by atoms with Gasteiger partial charge in [-0.2, -0.15) is 0 Å². The van der Waals surface area contributed by atoms with E-state index in [1.807, 2.05) is 17.5 Å². The number of carbonyl (C=O) groups is 2. The van der Waals surface area contributed by atoms with Crippen molar-refractivity contribution in [2.24, 2.45) is 11.1 Å². The molecule has 162 valence electrons. The van der Waals surface area contributed by atoms with Crippen LogP contribution < -0.4 is 21.1 Å². The van der Waals surface area contributed by atoms with Crippen LogP contribution in [0.4, 0.5) is 5.69 Å². The molecule has 2 aromatic rings. The maximum atomic E-state index is 12.6. The van der Waals surface area contributed by atoms with Crippen LogP contribution in [0.3, 0.4) is 0 Å². The predicted molar refractivity (Wildman–Crippen MR) is 123 cm³/mol. The molecule has 0 bridgehead atoms. The van der Waals surface area contributed by atoms with Gasteiger partial charge >= 0.3 is 0 Å². The Morgan fingerprint density at radius 3 is 2.47 bits per heavy atom. The van der Waals surface area contributed by atoms with Gasteiger partial charge in [-0.25, -0.2) is 0 Å². The van der Waals surface area contributed by atoms with E-state index in [-0.39, 0.29) is 23.3 Å². The molecule has 2 amide bonds. The van der Waals surface area contributed by atoms with Crippen molar-refractivity contribution in [3.63, 3.8) is 0 Å². The summed E-state index contributed by atoms with van der Waals surface area (Å²) >= 11 is 1.58. The van der Waals surface area contributed by atoms with Crippen molar-refractivity contribution in [3.8, 4) is 5.75 Å². The minimum Gasteiger partial charge on any atom is -0.497 e. The SMILES string of the molecule is COc1ccc(NC(=O)C=CC(CC(C)(C)C)NC(=O)[C@@H](N)Cc2cccs2)cc1. The Morgan fingerprint density at radius 1 is 1.20 bits per heavy atom. The molecule has 4 N–H and O–H groups in total. The Hall–Kier alpha value is -2.64. The highest BCUT2D eigenvalue weighted by atomic mass is 32.1. The Bertz CT molecular complexity index is 840. The lowest BCUT2D eigenvalue weighted by Gasteiger charge is -2.25. The molecule has 0 aliphatic carbocycles. The quantitative estimate of drug-likeness (QED) is 0.529. The molecule has 0 saturated carbocycles. The molecule has 0 fully saturated rings. The molecule has 0 saturated heterocycles. The molecule has 0 aliphatic rings. The number of anilines is 1. The van der Waals surface area contributed by atoms with Crippen LogP contribution in [0.1, 0.15) is 32.1 Å². The van der Waals surface area contributed by atoms with Crippen molar-refractivity contribution in [2.45, 2.75) is 45.7 Å². The van der Waals surface area contributed by atoms with E-state index in [1.165, 1.54) is 6.08 Å². The number of nitrogens with two attached hydrogens (primary N) is 1. The molecular formula is C23H31N3O3S. The van der Waals surface area contributed by atoms with Gasteiger partial charge < -0.3 is 21.1 Å². The number of rotatable bonds is 9.